The Morgan fingerprint density at radius 2 is 1.41 bits per heavy atom. The Balaban J connectivity index is 1.50. The molecule has 0 bridgehead atoms. The van der Waals surface area contributed by atoms with Gasteiger partial charge in [0.15, 0.2) is 0 Å². The molecular formula is C37H18ClFOS. The maximum absolute atomic E-state index is 15.2. The molecule has 1 nitrogen and oxygen atoms in total. The van der Waals surface area contributed by atoms with Crippen LogP contribution in [0, 0.1) is 5.82 Å². The van der Waals surface area contributed by atoms with Gasteiger partial charge in [0.2, 0.25) is 0 Å². The Labute approximate surface area is 243 Å². The Kier molecular flexibility index (Phi) is 4.04. The molecule has 0 N–H and O–H groups in total. The van der Waals surface area contributed by atoms with Crippen LogP contribution in [0.3, 0.4) is 0 Å². The summed E-state index contributed by atoms with van der Waals surface area (Å²) < 4.78 is 24.4. The highest BCUT2D eigenvalue weighted by molar-refractivity contribution is 7.26. The van der Waals surface area contributed by atoms with Crippen LogP contribution in [0.25, 0.3) is 64.4 Å². The average Bonchev–Trinajstić information content (AvgIpc) is 3.72. The number of hydrogen-bond donors (Lipinski definition) is 0. The van der Waals surface area contributed by atoms with Gasteiger partial charge in [0.25, 0.3) is 0 Å². The van der Waals surface area contributed by atoms with E-state index in [4.69, 9.17) is 16.0 Å². The van der Waals surface area contributed by atoms with Gasteiger partial charge in [-0.3, -0.25) is 0 Å². The molecule has 8 aromatic rings. The summed E-state index contributed by atoms with van der Waals surface area (Å²) in [5.41, 5.74) is 9.56. The number of thiophene rings is 1. The summed E-state index contributed by atoms with van der Waals surface area (Å²) in [5, 5.41) is 5.03. The van der Waals surface area contributed by atoms with Crippen LogP contribution in [0.2, 0.25) is 5.02 Å². The third-order valence-corrected chi connectivity index (χ3v) is 10.7. The van der Waals surface area contributed by atoms with Crippen molar-refractivity contribution in [2.24, 2.45) is 0 Å². The minimum atomic E-state index is -0.722. The number of furan rings is 1. The first-order valence-electron chi connectivity index (χ1n) is 13.7. The summed E-state index contributed by atoms with van der Waals surface area (Å²) >= 11 is 9.01. The van der Waals surface area contributed by atoms with Crippen molar-refractivity contribution >= 4 is 65.0 Å². The smallest absolute Gasteiger partial charge is 0.145 e. The zero-order chi connectivity index (χ0) is 27.0. The van der Waals surface area contributed by atoms with E-state index in [1.54, 1.807) is 12.1 Å². The topological polar surface area (TPSA) is 13.1 Å². The van der Waals surface area contributed by atoms with Gasteiger partial charge in [0.05, 0.1) is 10.4 Å². The van der Waals surface area contributed by atoms with E-state index < -0.39 is 5.41 Å². The van der Waals surface area contributed by atoms with Gasteiger partial charge in [-0.05, 0) is 63.7 Å². The van der Waals surface area contributed by atoms with Crippen molar-refractivity contribution in [1.29, 1.82) is 0 Å². The number of fused-ring (bicyclic) bond motifs is 18. The summed E-state index contributed by atoms with van der Waals surface area (Å²) in [6.45, 7) is 0. The van der Waals surface area contributed by atoms with Crippen LogP contribution < -0.4 is 0 Å². The van der Waals surface area contributed by atoms with E-state index in [0.29, 0.717) is 5.02 Å². The molecule has 0 aliphatic heterocycles. The van der Waals surface area contributed by atoms with Gasteiger partial charge in [0.1, 0.15) is 17.0 Å². The van der Waals surface area contributed by atoms with Gasteiger partial charge in [-0.15, -0.1) is 11.3 Å². The Bertz CT molecular complexity index is 2470. The number of benzene rings is 6. The molecule has 10 rings (SSSR count). The van der Waals surface area contributed by atoms with Crippen LogP contribution in [-0.2, 0) is 5.41 Å². The first kappa shape index (κ1) is 22.3. The van der Waals surface area contributed by atoms with Crippen molar-refractivity contribution in [2.45, 2.75) is 5.41 Å². The van der Waals surface area contributed by atoms with Crippen molar-refractivity contribution in [3.8, 4) is 22.3 Å². The Morgan fingerprint density at radius 3 is 2.34 bits per heavy atom. The molecule has 2 aromatic heterocycles. The van der Waals surface area contributed by atoms with E-state index in [9.17, 15) is 0 Å². The largest absolute Gasteiger partial charge is 0.455 e. The molecular weight excluding hydrogens is 547 g/mol. The van der Waals surface area contributed by atoms with Gasteiger partial charge >= 0.3 is 0 Å². The molecule has 0 saturated heterocycles. The van der Waals surface area contributed by atoms with Crippen LogP contribution in [0.1, 0.15) is 22.3 Å². The Morgan fingerprint density at radius 1 is 0.634 bits per heavy atom. The lowest BCUT2D eigenvalue weighted by Crippen LogP contribution is -2.26. The van der Waals surface area contributed by atoms with Crippen molar-refractivity contribution in [3.05, 3.63) is 142 Å². The molecule has 41 heavy (non-hydrogen) atoms. The average molecular weight is 565 g/mol. The van der Waals surface area contributed by atoms with Gasteiger partial charge in [-0.25, -0.2) is 4.39 Å². The van der Waals surface area contributed by atoms with E-state index in [0.717, 1.165) is 66.4 Å². The zero-order valence-electron chi connectivity index (χ0n) is 21.5. The van der Waals surface area contributed by atoms with Gasteiger partial charge in [-0.2, -0.15) is 0 Å². The molecule has 4 heteroatoms. The number of halogens is 2. The van der Waals surface area contributed by atoms with E-state index in [2.05, 4.69) is 72.8 Å². The highest BCUT2D eigenvalue weighted by atomic mass is 35.5. The summed E-state index contributed by atoms with van der Waals surface area (Å²) in [7, 11) is 0. The van der Waals surface area contributed by atoms with E-state index in [1.165, 1.54) is 20.2 Å². The quantitative estimate of drug-likeness (QED) is 0.178. The fourth-order valence-corrected chi connectivity index (χ4v) is 9.28. The van der Waals surface area contributed by atoms with E-state index >= 15 is 4.39 Å². The van der Waals surface area contributed by atoms with Crippen molar-refractivity contribution in [1.82, 2.24) is 0 Å². The number of rotatable bonds is 0. The van der Waals surface area contributed by atoms with Crippen LogP contribution in [-0.4, -0.2) is 0 Å². The fourth-order valence-electron chi connectivity index (χ4n) is 7.72. The van der Waals surface area contributed by atoms with Gasteiger partial charge in [-0.1, -0.05) is 90.5 Å². The molecule has 6 aromatic carbocycles. The highest BCUT2D eigenvalue weighted by Crippen LogP contribution is 2.66. The van der Waals surface area contributed by atoms with Gasteiger partial charge in [0, 0.05) is 42.1 Å². The van der Waals surface area contributed by atoms with Crippen molar-refractivity contribution < 1.29 is 8.81 Å². The second-order valence-corrected chi connectivity index (χ2v) is 12.5. The molecule has 0 amide bonds. The van der Waals surface area contributed by atoms with Crippen LogP contribution in [0.5, 0.6) is 0 Å². The minimum Gasteiger partial charge on any atom is -0.455 e. The molecule has 1 atom stereocenters. The maximum Gasteiger partial charge on any atom is 0.145 e. The maximum atomic E-state index is 15.2. The zero-order valence-corrected chi connectivity index (χ0v) is 23.0. The summed E-state index contributed by atoms with van der Waals surface area (Å²) in [5.74, 6) is -0.246. The van der Waals surface area contributed by atoms with Crippen molar-refractivity contribution in [2.75, 3.05) is 0 Å². The monoisotopic (exact) mass is 564 g/mol. The summed E-state index contributed by atoms with van der Waals surface area (Å²) in [6.07, 6.45) is 0. The third-order valence-electron chi connectivity index (χ3n) is 9.21. The van der Waals surface area contributed by atoms with Crippen molar-refractivity contribution in [3.63, 3.8) is 0 Å². The first-order valence-corrected chi connectivity index (χ1v) is 14.8. The molecule has 2 aliphatic rings. The lowest BCUT2D eigenvalue weighted by atomic mass is 9.70. The Hall–Kier alpha value is -4.44. The van der Waals surface area contributed by atoms with E-state index in [-0.39, 0.29) is 5.82 Å². The summed E-state index contributed by atoms with van der Waals surface area (Å²) in [4.78, 5) is 0. The standard InChI is InChI=1S/C37H18ClFOS/c38-29-18-28-33(35-32(29)24-9-2-5-11-30(24)40-35)34-26(16-15-23-22-8-3-6-12-31(22)41-36(23)34)37(28)25-10-4-1-7-20(25)21-14-13-19(39)17-27(21)37/h1-18H. The lowest BCUT2D eigenvalue weighted by Gasteiger charge is -2.30. The van der Waals surface area contributed by atoms with Crippen LogP contribution in [0.4, 0.5) is 4.39 Å². The normalized spacial score (nSPS) is 16.6. The predicted octanol–water partition coefficient (Wildman–Crippen LogP) is 11.1. The predicted molar refractivity (Wildman–Crippen MR) is 168 cm³/mol. The SMILES string of the molecule is Fc1ccc2c(c1)C1(c3ccccc3-2)c2cc(Cl)c3c(oc4ccccc43)c2-c2c1ccc1c2sc2ccccc21. The number of hydrogen-bond acceptors (Lipinski definition) is 2. The third kappa shape index (κ3) is 2.50. The molecule has 192 valence electrons. The number of para-hydroxylation sites is 1. The van der Waals surface area contributed by atoms with Gasteiger partial charge < -0.3 is 4.42 Å². The fraction of sp³-hybridized carbons (Fsp3) is 0.0270. The molecule has 2 heterocycles. The molecule has 1 spiro atoms. The van der Waals surface area contributed by atoms with E-state index in [1.807, 2.05) is 35.6 Å². The lowest BCUT2D eigenvalue weighted by molar-refractivity contribution is 0.622. The molecule has 0 radical (unpaired) electrons. The molecule has 0 saturated carbocycles. The highest BCUT2D eigenvalue weighted by Gasteiger charge is 2.53. The summed E-state index contributed by atoms with van der Waals surface area (Å²) in [6, 6.07) is 37.0. The minimum absolute atomic E-state index is 0.246. The second-order valence-electron chi connectivity index (χ2n) is 11.0. The van der Waals surface area contributed by atoms with Crippen LogP contribution in [0.15, 0.2) is 114 Å². The molecule has 1 unspecified atom stereocenters. The first-order chi connectivity index (χ1) is 20.2. The molecule has 0 fully saturated rings. The van der Waals surface area contributed by atoms with Crippen LogP contribution >= 0.6 is 22.9 Å². The second kappa shape index (κ2) is 7.44. The molecule has 2 aliphatic carbocycles.